The van der Waals surface area contributed by atoms with Gasteiger partial charge in [0.05, 0.1) is 30.6 Å². The molecular weight excluding hydrogens is 678 g/mol. The van der Waals surface area contributed by atoms with Gasteiger partial charge in [-0.3, -0.25) is 19.2 Å². The average molecular weight is 724 g/mol. The topological polar surface area (TPSA) is 285 Å². The minimum atomic E-state index is -1.35. The Hall–Kier alpha value is -5.53. The third-order valence-corrected chi connectivity index (χ3v) is 8.45. The number of hydroxylamine groups is 2. The van der Waals surface area contributed by atoms with E-state index in [9.17, 15) is 34.5 Å². The Kier molecular flexibility index (Phi) is 12.6. The first kappa shape index (κ1) is 39.3. The molecule has 9 N–H and O–H groups in total. The summed E-state index contributed by atoms with van der Waals surface area (Å²) < 4.78 is 0. The summed E-state index contributed by atoms with van der Waals surface area (Å²) in [5.74, 6) is -3.35. The zero-order chi connectivity index (χ0) is 38.2. The molecule has 1 fully saturated rings. The van der Waals surface area contributed by atoms with Crippen LogP contribution in [0.15, 0.2) is 35.6 Å². The number of carboxylic acid groups (broad SMARTS) is 2. The lowest BCUT2D eigenvalue weighted by molar-refractivity contribution is -0.229. The number of rotatable bonds is 17. The maximum Gasteiger partial charge on any atom is 0.326 e. The number of aliphatic hydroxyl groups is 1. The number of carboxylic acids is 2. The van der Waals surface area contributed by atoms with Crippen molar-refractivity contribution in [1.82, 2.24) is 35.7 Å². The second kappa shape index (κ2) is 16.7. The molecule has 4 rings (SSSR count). The highest BCUT2D eigenvalue weighted by atomic mass is 16.7. The van der Waals surface area contributed by atoms with Crippen molar-refractivity contribution in [3.8, 4) is 0 Å². The van der Waals surface area contributed by atoms with Crippen molar-refractivity contribution in [2.24, 2.45) is 11.0 Å². The predicted molar refractivity (Wildman–Crippen MR) is 190 cm³/mol. The van der Waals surface area contributed by atoms with Gasteiger partial charge in [0.2, 0.25) is 11.9 Å². The molecule has 1 aliphatic rings. The van der Waals surface area contributed by atoms with Crippen molar-refractivity contribution in [2.75, 3.05) is 36.6 Å². The normalized spacial score (nSPS) is 19.6. The molecule has 0 saturated carbocycles. The van der Waals surface area contributed by atoms with Crippen LogP contribution < -0.4 is 27.1 Å². The van der Waals surface area contributed by atoms with Gasteiger partial charge in [-0.1, -0.05) is 13.8 Å². The monoisotopic (exact) mass is 723 g/mol. The Balaban J connectivity index is 1.30. The number of anilines is 3. The molecule has 2 aromatic heterocycles. The zero-order valence-corrected chi connectivity index (χ0v) is 29.4. The number of nitrogens with two attached hydrogens (primary N) is 2. The van der Waals surface area contributed by atoms with E-state index in [0.717, 1.165) is 5.69 Å². The van der Waals surface area contributed by atoms with Crippen LogP contribution in [-0.4, -0.2) is 108 Å². The highest BCUT2D eigenvalue weighted by molar-refractivity contribution is 5.97. The highest BCUT2D eigenvalue weighted by Crippen LogP contribution is 2.44. The molecule has 0 unspecified atom stereocenters. The first-order valence-electron chi connectivity index (χ1n) is 16.5. The Morgan fingerprint density at radius 3 is 2.48 bits per heavy atom. The molecule has 19 nitrogen and oxygen atoms in total. The predicted octanol–water partition coefficient (Wildman–Crippen LogP) is 0.934. The van der Waals surface area contributed by atoms with E-state index in [1.165, 1.54) is 11.3 Å². The lowest BCUT2D eigenvalue weighted by atomic mass is 9.79. The summed E-state index contributed by atoms with van der Waals surface area (Å²) in [5.41, 5.74) is 14.3. The smallest absolute Gasteiger partial charge is 0.326 e. The third kappa shape index (κ3) is 10.0. The van der Waals surface area contributed by atoms with Gasteiger partial charge in [-0.25, -0.2) is 20.2 Å². The summed E-state index contributed by atoms with van der Waals surface area (Å²) in [5, 5.41) is 36.9. The number of benzene rings is 1. The number of carbonyl (C=O) groups excluding carboxylic acids is 2. The molecule has 3 heterocycles. The van der Waals surface area contributed by atoms with Gasteiger partial charge >= 0.3 is 11.9 Å². The van der Waals surface area contributed by atoms with Crippen LogP contribution in [-0.2, 0) is 25.8 Å². The van der Waals surface area contributed by atoms with Crippen molar-refractivity contribution < 1.29 is 39.3 Å². The Labute approximate surface area is 299 Å². The second-order valence-corrected chi connectivity index (χ2v) is 13.5. The summed E-state index contributed by atoms with van der Waals surface area (Å²) in [6, 6.07) is 5.12. The lowest BCUT2D eigenvalue weighted by Crippen LogP contribution is -2.47. The molecule has 0 spiro atoms. The van der Waals surface area contributed by atoms with Crippen molar-refractivity contribution in [2.45, 2.75) is 76.6 Å². The molecule has 19 heteroatoms. The number of aromatic nitrogens is 4. The zero-order valence-electron chi connectivity index (χ0n) is 29.4. The third-order valence-electron chi connectivity index (χ3n) is 8.45. The molecule has 1 saturated heterocycles. The number of aliphatic hydroxyl groups excluding tert-OH is 1. The minimum Gasteiger partial charge on any atom is -0.480 e. The molecule has 1 aliphatic heterocycles. The second-order valence-electron chi connectivity index (χ2n) is 13.5. The number of nitrogen functional groups attached to an aromatic ring is 2. The van der Waals surface area contributed by atoms with Gasteiger partial charge < -0.3 is 37.0 Å². The maximum absolute atomic E-state index is 12.9. The van der Waals surface area contributed by atoms with Gasteiger partial charge in [0, 0.05) is 43.8 Å². The fourth-order valence-corrected chi connectivity index (χ4v) is 6.20. The largest absolute Gasteiger partial charge is 0.480 e. The van der Waals surface area contributed by atoms with Gasteiger partial charge in [-0.05, 0) is 49.9 Å². The van der Waals surface area contributed by atoms with E-state index >= 15 is 0 Å². The van der Waals surface area contributed by atoms with Gasteiger partial charge in [-0.2, -0.15) is 20.1 Å². The van der Waals surface area contributed by atoms with E-state index in [-0.39, 0.29) is 54.8 Å². The quantitative estimate of drug-likeness (QED) is 0.0753. The Morgan fingerprint density at radius 2 is 1.85 bits per heavy atom. The Bertz CT molecular complexity index is 1810. The lowest BCUT2D eigenvalue weighted by Gasteiger charge is -2.35. The summed E-state index contributed by atoms with van der Waals surface area (Å²) >= 11 is 0. The summed E-state index contributed by atoms with van der Waals surface area (Å²) in [6.07, 6.45) is 3.62. The SMILES string of the molecule is CC(C)C[C@]1(C/C=N/NC(=O)CC[C@H](NC(=O)c2ccc(N(C)Cc3cnc4nc(N)nc(N)c4n3)cc2)C(=O)O)C[C@](C)(CO)ON1CC(=O)O. The van der Waals surface area contributed by atoms with Crippen LogP contribution in [0, 0.1) is 5.92 Å². The van der Waals surface area contributed by atoms with Gasteiger partial charge in [0.15, 0.2) is 17.0 Å². The van der Waals surface area contributed by atoms with Crippen LogP contribution >= 0.6 is 0 Å². The Morgan fingerprint density at radius 1 is 1.13 bits per heavy atom. The molecule has 3 atom stereocenters. The van der Waals surface area contributed by atoms with Crippen LogP contribution in [0.3, 0.4) is 0 Å². The van der Waals surface area contributed by atoms with Gasteiger partial charge in [0.25, 0.3) is 5.91 Å². The number of hydrogen-bond acceptors (Lipinski definition) is 15. The number of hydrazone groups is 1. The van der Waals surface area contributed by atoms with E-state index in [2.05, 4.69) is 35.8 Å². The van der Waals surface area contributed by atoms with Crippen molar-refractivity contribution >= 4 is 58.6 Å². The van der Waals surface area contributed by atoms with E-state index < -0.39 is 47.5 Å². The van der Waals surface area contributed by atoms with Crippen molar-refractivity contribution in [1.29, 1.82) is 0 Å². The molecular formula is C33H45N11O8. The van der Waals surface area contributed by atoms with E-state index in [4.69, 9.17) is 16.3 Å². The van der Waals surface area contributed by atoms with E-state index in [1.54, 1.807) is 37.4 Å². The van der Waals surface area contributed by atoms with Gasteiger partial charge in [-0.15, -0.1) is 0 Å². The highest BCUT2D eigenvalue weighted by Gasteiger charge is 2.52. The standard InChI is InChI=1S/C33H45N11O8/c1-19(2)13-33(17-32(3,18-45)52-44(33)16-25(47)48)11-12-37-42-24(46)10-9-23(30(50)51)39-29(49)20-5-7-22(8-6-20)43(4)15-21-14-36-28-26(38-21)27(34)40-31(35)41-28/h5-8,12,14,19,23,45H,9-11,13,15-18H2,1-4H3,(H,39,49)(H,42,46)(H,47,48)(H,50,51)(H4,34,35,36,40,41)/b37-12+/t23-,32+,33+/m0/s1. The first-order valence-corrected chi connectivity index (χ1v) is 16.5. The number of nitrogens with zero attached hydrogens (tertiary/aromatic N) is 7. The molecule has 280 valence electrons. The van der Waals surface area contributed by atoms with E-state index in [1.807, 2.05) is 25.8 Å². The number of fused-ring (bicyclic) bond motifs is 1. The van der Waals surface area contributed by atoms with Crippen molar-refractivity contribution in [3.63, 3.8) is 0 Å². The van der Waals surface area contributed by atoms with Crippen LogP contribution in [0.2, 0.25) is 0 Å². The first-order chi connectivity index (χ1) is 24.5. The molecule has 52 heavy (non-hydrogen) atoms. The number of aliphatic carboxylic acids is 2. The number of carbonyl (C=O) groups is 4. The van der Waals surface area contributed by atoms with Crippen LogP contribution in [0.5, 0.6) is 0 Å². The van der Waals surface area contributed by atoms with Gasteiger partial charge in [0.1, 0.15) is 18.2 Å². The number of amides is 2. The maximum atomic E-state index is 12.9. The fourth-order valence-electron chi connectivity index (χ4n) is 6.20. The molecule has 2 amide bonds. The summed E-state index contributed by atoms with van der Waals surface area (Å²) in [7, 11) is 1.81. The fraction of sp³-hybridized carbons (Fsp3) is 0.485. The molecule has 0 aliphatic carbocycles. The van der Waals surface area contributed by atoms with Crippen LogP contribution in [0.25, 0.3) is 11.2 Å². The number of hydrogen-bond donors (Lipinski definition) is 7. The summed E-state index contributed by atoms with van der Waals surface area (Å²) in [6.45, 7) is 5.28. The number of nitrogens with one attached hydrogen (secondary N) is 2. The molecule has 0 radical (unpaired) electrons. The average Bonchev–Trinajstić information content (AvgIpc) is 3.34. The van der Waals surface area contributed by atoms with E-state index in [0.29, 0.717) is 30.6 Å². The molecule has 0 bridgehead atoms. The van der Waals surface area contributed by atoms with Crippen molar-refractivity contribution in [3.05, 3.63) is 41.7 Å². The minimum absolute atomic E-state index is 0.00141. The van der Waals surface area contributed by atoms with Crippen LogP contribution in [0.1, 0.15) is 68.9 Å². The van der Waals surface area contributed by atoms with Crippen LogP contribution in [0.4, 0.5) is 17.5 Å². The molecule has 1 aromatic carbocycles. The summed E-state index contributed by atoms with van der Waals surface area (Å²) in [4.78, 5) is 73.4. The molecule has 3 aromatic rings.